The van der Waals surface area contributed by atoms with Gasteiger partial charge >= 0.3 is 0 Å². The first-order valence-corrected chi connectivity index (χ1v) is 8.94. The van der Waals surface area contributed by atoms with Gasteiger partial charge in [-0.3, -0.25) is 0 Å². The largest absolute Gasteiger partial charge is 0.497 e. The van der Waals surface area contributed by atoms with Crippen LogP contribution >= 0.6 is 0 Å². The van der Waals surface area contributed by atoms with Crippen molar-refractivity contribution in [1.29, 1.82) is 0 Å². The molecule has 1 aliphatic rings. The molecule has 2 aromatic carbocycles. The lowest BCUT2D eigenvalue weighted by atomic mass is 10.1. The maximum atomic E-state index is 12.3. The van der Waals surface area contributed by atoms with Crippen LogP contribution in [0.1, 0.15) is 24.5 Å². The molecular weight excluding hydrogens is 312 g/mol. The summed E-state index contributed by atoms with van der Waals surface area (Å²) in [6.45, 7) is 0. The van der Waals surface area contributed by atoms with Gasteiger partial charge in [-0.25, -0.2) is 8.42 Å². The number of rotatable bonds is 4. The van der Waals surface area contributed by atoms with Gasteiger partial charge in [-0.1, -0.05) is 30.3 Å². The number of allylic oxidation sites excluding steroid dienone is 1. The van der Waals surface area contributed by atoms with Gasteiger partial charge in [-0.2, -0.15) is 0 Å². The van der Waals surface area contributed by atoms with Crippen LogP contribution < -0.4 is 4.74 Å². The first kappa shape index (κ1) is 15.6. The molecule has 2 aromatic rings. The Morgan fingerprint density at radius 3 is 2.43 bits per heavy atom. The van der Waals surface area contributed by atoms with Gasteiger partial charge in [-0.15, -0.1) is 0 Å². The summed E-state index contributed by atoms with van der Waals surface area (Å²) in [7, 11) is -1.85. The van der Waals surface area contributed by atoms with E-state index in [2.05, 4.69) is 0 Å². The Labute approximate surface area is 136 Å². The van der Waals surface area contributed by atoms with Crippen LogP contribution in [-0.4, -0.2) is 15.5 Å². The molecule has 3 rings (SSSR count). The maximum absolute atomic E-state index is 12.3. The molecule has 0 saturated carbocycles. The maximum Gasteiger partial charge on any atom is 0.203 e. The molecule has 1 heterocycles. The summed E-state index contributed by atoms with van der Waals surface area (Å²) in [5.74, 6) is 1.30. The molecule has 0 aliphatic carbocycles. The van der Waals surface area contributed by atoms with Crippen molar-refractivity contribution in [3.05, 3.63) is 71.3 Å². The third-order valence-corrected chi connectivity index (χ3v) is 5.29. The fourth-order valence-corrected chi connectivity index (χ4v) is 3.76. The summed E-state index contributed by atoms with van der Waals surface area (Å²) < 4.78 is 35.6. The second-order valence-electron chi connectivity index (χ2n) is 5.36. The van der Waals surface area contributed by atoms with E-state index in [9.17, 15) is 8.42 Å². The standard InChI is InChI=1S/C18H18O4S/c1-21-15-9-7-14(8-10-15)18-12-11-16(22-18)13-23(19,20)17-5-3-2-4-6-17/h2-10,13,18H,11-12H2,1H3/b16-13-. The van der Waals surface area contributed by atoms with Gasteiger partial charge in [0.15, 0.2) is 0 Å². The van der Waals surface area contributed by atoms with Crippen molar-refractivity contribution >= 4 is 9.84 Å². The van der Waals surface area contributed by atoms with Crippen molar-refractivity contribution in [3.8, 4) is 5.75 Å². The van der Waals surface area contributed by atoms with Crippen LogP contribution in [0.15, 0.2) is 70.7 Å². The van der Waals surface area contributed by atoms with E-state index in [0.717, 1.165) is 17.7 Å². The Kier molecular flexibility index (Phi) is 4.39. The molecule has 120 valence electrons. The van der Waals surface area contributed by atoms with Crippen LogP contribution in [0, 0.1) is 0 Å². The first-order chi connectivity index (χ1) is 11.1. The minimum Gasteiger partial charge on any atom is -0.497 e. The third-order valence-electron chi connectivity index (χ3n) is 3.79. The molecule has 0 amide bonds. The van der Waals surface area contributed by atoms with E-state index in [1.807, 2.05) is 24.3 Å². The van der Waals surface area contributed by atoms with Gasteiger partial charge in [0.25, 0.3) is 0 Å². The van der Waals surface area contributed by atoms with Crippen LogP contribution in [0.25, 0.3) is 0 Å². The normalized spacial score (nSPS) is 19.5. The number of ether oxygens (including phenoxy) is 2. The second kappa shape index (κ2) is 6.46. The van der Waals surface area contributed by atoms with Gasteiger partial charge in [0, 0.05) is 6.42 Å². The van der Waals surface area contributed by atoms with Crippen LogP contribution in [0.4, 0.5) is 0 Å². The Morgan fingerprint density at radius 1 is 1.09 bits per heavy atom. The SMILES string of the molecule is COc1ccc(C2CC/C(=C/S(=O)(=O)c3ccccc3)O2)cc1. The summed E-state index contributed by atoms with van der Waals surface area (Å²) in [5, 5.41) is 1.24. The minimum absolute atomic E-state index is 0.113. The van der Waals surface area contributed by atoms with Gasteiger partial charge < -0.3 is 9.47 Å². The second-order valence-corrected chi connectivity index (χ2v) is 7.16. The smallest absolute Gasteiger partial charge is 0.203 e. The molecule has 1 saturated heterocycles. The van der Waals surface area contributed by atoms with E-state index >= 15 is 0 Å². The van der Waals surface area contributed by atoms with E-state index < -0.39 is 9.84 Å². The summed E-state index contributed by atoms with van der Waals surface area (Å²) in [6.07, 6.45) is 1.27. The van der Waals surface area contributed by atoms with Crippen LogP contribution in [0.2, 0.25) is 0 Å². The Bertz CT molecular complexity index is 793. The van der Waals surface area contributed by atoms with Crippen molar-refractivity contribution in [2.45, 2.75) is 23.8 Å². The fraction of sp³-hybridized carbons (Fsp3) is 0.222. The molecule has 0 aromatic heterocycles. The zero-order valence-electron chi connectivity index (χ0n) is 12.8. The summed E-state index contributed by atoms with van der Waals surface area (Å²) >= 11 is 0. The molecule has 0 N–H and O–H groups in total. The summed E-state index contributed by atoms with van der Waals surface area (Å²) in [6, 6.07) is 16.0. The molecule has 0 spiro atoms. The molecule has 5 heteroatoms. The highest BCUT2D eigenvalue weighted by Crippen LogP contribution is 2.36. The monoisotopic (exact) mass is 330 g/mol. The van der Waals surface area contributed by atoms with Crippen LogP contribution in [-0.2, 0) is 14.6 Å². The summed E-state index contributed by atoms with van der Waals surface area (Å²) in [5.41, 5.74) is 1.02. The molecule has 0 radical (unpaired) electrons. The van der Waals surface area contributed by atoms with Gasteiger partial charge in [0.2, 0.25) is 9.84 Å². The molecule has 4 nitrogen and oxygen atoms in total. The zero-order chi connectivity index (χ0) is 16.3. The van der Waals surface area contributed by atoms with Gasteiger partial charge in [-0.05, 0) is 36.2 Å². The van der Waals surface area contributed by atoms with E-state index in [0.29, 0.717) is 12.2 Å². The lowest BCUT2D eigenvalue weighted by Crippen LogP contribution is -1.99. The van der Waals surface area contributed by atoms with Crippen molar-refractivity contribution in [2.24, 2.45) is 0 Å². The lowest BCUT2D eigenvalue weighted by Gasteiger charge is -2.11. The number of sulfone groups is 1. The average molecular weight is 330 g/mol. The van der Waals surface area contributed by atoms with Gasteiger partial charge in [0.05, 0.1) is 17.4 Å². The molecular formula is C18H18O4S. The highest BCUT2D eigenvalue weighted by molar-refractivity contribution is 7.94. The quantitative estimate of drug-likeness (QED) is 0.854. The van der Waals surface area contributed by atoms with Crippen molar-refractivity contribution in [3.63, 3.8) is 0 Å². The van der Waals surface area contributed by atoms with Gasteiger partial charge in [0.1, 0.15) is 17.6 Å². The van der Waals surface area contributed by atoms with Crippen molar-refractivity contribution < 1.29 is 17.9 Å². The fourth-order valence-electron chi connectivity index (χ4n) is 2.57. The molecule has 1 atom stereocenters. The highest BCUT2D eigenvalue weighted by atomic mass is 32.2. The first-order valence-electron chi connectivity index (χ1n) is 7.40. The molecule has 0 bridgehead atoms. The van der Waals surface area contributed by atoms with Crippen LogP contribution in [0.5, 0.6) is 5.75 Å². The van der Waals surface area contributed by atoms with Crippen LogP contribution in [0.3, 0.4) is 0 Å². The molecule has 1 aliphatic heterocycles. The molecule has 1 fully saturated rings. The summed E-state index contributed by atoms with van der Waals surface area (Å²) in [4.78, 5) is 0.281. The topological polar surface area (TPSA) is 52.6 Å². The number of methoxy groups -OCH3 is 1. The van der Waals surface area contributed by atoms with E-state index in [4.69, 9.17) is 9.47 Å². The average Bonchev–Trinajstić information content (AvgIpc) is 3.03. The number of benzene rings is 2. The molecule has 1 unspecified atom stereocenters. The zero-order valence-corrected chi connectivity index (χ0v) is 13.6. The minimum atomic E-state index is -3.47. The highest BCUT2D eigenvalue weighted by Gasteiger charge is 2.24. The van der Waals surface area contributed by atoms with Crippen molar-refractivity contribution in [1.82, 2.24) is 0 Å². The van der Waals surface area contributed by atoms with Crippen molar-refractivity contribution in [2.75, 3.05) is 7.11 Å². The Hall–Kier alpha value is -2.27. The Balaban J connectivity index is 1.76. The molecule has 23 heavy (non-hydrogen) atoms. The Morgan fingerprint density at radius 2 is 1.78 bits per heavy atom. The predicted molar refractivity (Wildman–Crippen MR) is 87.8 cm³/mol. The van der Waals surface area contributed by atoms with E-state index in [-0.39, 0.29) is 11.0 Å². The van der Waals surface area contributed by atoms with E-state index in [1.54, 1.807) is 37.4 Å². The lowest BCUT2D eigenvalue weighted by molar-refractivity contribution is 0.163. The predicted octanol–water partition coefficient (Wildman–Crippen LogP) is 3.86. The van der Waals surface area contributed by atoms with E-state index in [1.165, 1.54) is 5.41 Å². The third kappa shape index (κ3) is 3.56. The number of hydrogen-bond acceptors (Lipinski definition) is 4. The number of hydrogen-bond donors (Lipinski definition) is 0.